The summed E-state index contributed by atoms with van der Waals surface area (Å²) in [5.74, 6) is 0.241. The Morgan fingerprint density at radius 3 is 3.04 bits per heavy atom. The van der Waals surface area contributed by atoms with Crippen LogP contribution in [0.4, 0.5) is 0 Å². The summed E-state index contributed by atoms with van der Waals surface area (Å²) in [6, 6.07) is 6.08. The summed E-state index contributed by atoms with van der Waals surface area (Å²) < 4.78 is 5.70. The van der Waals surface area contributed by atoms with Crippen LogP contribution in [0.15, 0.2) is 22.6 Å². The number of hydrogen-bond donors (Lipinski definition) is 1. The van der Waals surface area contributed by atoms with Gasteiger partial charge in [0, 0.05) is 35.1 Å². The molecule has 2 aromatic rings. The molecule has 1 aromatic heterocycles. The molecule has 1 aliphatic rings. The molecular formula is C19H25ClN2O2. The number of benzene rings is 1. The van der Waals surface area contributed by atoms with Gasteiger partial charge in [-0.3, -0.25) is 4.79 Å². The summed E-state index contributed by atoms with van der Waals surface area (Å²) in [5.41, 5.74) is 1.54. The minimum atomic E-state index is -0.147. The third kappa shape index (κ3) is 3.76. The van der Waals surface area contributed by atoms with Crippen LogP contribution in [-0.2, 0) is 0 Å². The van der Waals surface area contributed by atoms with E-state index in [4.69, 9.17) is 16.0 Å². The normalized spacial score (nSPS) is 18.9. The molecule has 0 radical (unpaired) electrons. The van der Waals surface area contributed by atoms with Crippen molar-refractivity contribution in [3.8, 4) is 0 Å². The number of hydrogen-bond acceptors (Lipinski definition) is 3. The van der Waals surface area contributed by atoms with Gasteiger partial charge in [-0.1, -0.05) is 18.0 Å². The third-order valence-corrected chi connectivity index (χ3v) is 5.19. The molecule has 0 bridgehead atoms. The number of piperidine rings is 1. The number of carbonyl (C=O) groups excluding carboxylic acids is 1. The fourth-order valence-electron chi connectivity index (χ4n) is 3.46. The lowest BCUT2D eigenvalue weighted by atomic mass is 10.0. The molecule has 3 rings (SSSR count). The van der Waals surface area contributed by atoms with Gasteiger partial charge < -0.3 is 14.6 Å². The Morgan fingerprint density at radius 2 is 2.25 bits per heavy atom. The largest absolute Gasteiger partial charge is 0.451 e. The summed E-state index contributed by atoms with van der Waals surface area (Å²) in [6.45, 7) is 7.07. The molecule has 1 fully saturated rings. The van der Waals surface area contributed by atoms with Crippen LogP contribution in [0, 0.1) is 6.92 Å². The van der Waals surface area contributed by atoms with E-state index in [2.05, 4.69) is 17.1 Å². The molecular weight excluding hydrogens is 324 g/mol. The van der Waals surface area contributed by atoms with Gasteiger partial charge in [-0.2, -0.15) is 0 Å². The summed E-state index contributed by atoms with van der Waals surface area (Å²) >= 11 is 6.02. The van der Waals surface area contributed by atoms with Crippen molar-refractivity contribution < 1.29 is 9.21 Å². The average Bonchev–Trinajstić information content (AvgIpc) is 2.89. The number of nitrogens with zero attached hydrogens (tertiary/aromatic N) is 1. The average molecular weight is 349 g/mol. The highest BCUT2D eigenvalue weighted by molar-refractivity contribution is 6.31. The van der Waals surface area contributed by atoms with Gasteiger partial charge in [-0.15, -0.1) is 0 Å². The van der Waals surface area contributed by atoms with E-state index in [1.807, 2.05) is 13.0 Å². The molecule has 2 heterocycles. The Kier molecular flexibility index (Phi) is 5.47. The summed E-state index contributed by atoms with van der Waals surface area (Å²) in [5, 5.41) is 4.52. The molecule has 1 saturated heterocycles. The highest BCUT2D eigenvalue weighted by atomic mass is 35.5. The van der Waals surface area contributed by atoms with Gasteiger partial charge in [0.05, 0.1) is 0 Å². The zero-order valence-corrected chi connectivity index (χ0v) is 15.2. The number of carbonyl (C=O) groups is 1. The highest BCUT2D eigenvalue weighted by Gasteiger charge is 2.19. The SMILES string of the molecule is Cc1c(C(=O)NCCCN2CCCC[C@H]2C)oc2ccc(Cl)cc12. The number of aryl methyl sites for hydroxylation is 1. The van der Waals surface area contributed by atoms with E-state index >= 15 is 0 Å². The minimum absolute atomic E-state index is 0.147. The van der Waals surface area contributed by atoms with Crippen LogP contribution >= 0.6 is 11.6 Å². The Morgan fingerprint density at radius 1 is 1.42 bits per heavy atom. The van der Waals surface area contributed by atoms with E-state index in [-0.39, 0.29) is 5.91 Å². The van der Waals surface area contributed by atoms with Crippen molar-refractivity contribution in [2.75, 3.05) is 19.6 Å². The Bertz CT molecular complexity index is 725. The second-order valence-corrected chi connectivity index (χ2v) is 7.12. The van der Waals surface area contributed by atoms with Crippen molar-refractivity contribution in [2.24, 2.45) is 0 Å². The maximum Gasteiger partial charge on any atom is 0.287 e. The number of fused-ring (bicyclic) bond motifs is 1. The molecule has 0 saturated carbocycles. The monoisotopic (exact) mass is 348 g/mol. The van der Waals surface area contributed by atoms with E-state index in [0.717, 1.165) is 23.9 Å². The lowest BCUT2D eigenvalue weighted by Crippen LogP contribution is -2.39. The topological polar surface area (TPSA) is 45.5 Å². The first-order valence-electron chi connectivity index (χ1n) is 8.77. The van der Waals surface area contributed by atoms with Crippen molar-refractivity contribution in [1.82, 2.24) is 10.2 Å². The quantitative estimate of drug-likeness (QED) is 0.815. The Labute approximate surface area is 148 Å². The van der Waals surface area contributed by atoms with Gasteiger partial charge in [0.15, 0.2) is 5.76 Å². The predicted octanol–water partition coefficient (Wildman–Crippen LogP) is 4.39. The van der Waals surface area contributed by atoms with Gasteiger partial charge in [-0.05, 0) is 57.9 Å². The molecule has 24 heavy (non-hydrogen) atoms. The Hall–Kier alpha value is -1.52. The smallest absolute Gasteiger partial charge is 0.287 e. The van der Waals surface area contributed by atoms with Crippen LogP contribution < -0.4 is 5.32 Å². The lowest BCUT2D eigenvalue weighted by Gasteiger charge is -2.33. The van der Waals surface area contributed by atoms with Crippen LogP contribution in [0.1, 0.15) is 48.7 Å². The van der Waals surface area contributed by atoms with E-state index in [9.17, 15) is 4.79 Å². The van der Waals surface area contributed by atoms with Crippen molar-refractivity contribution >= 4 is 28.5 Å². The van der Waals surface area contributed by atoms with E-state index < -0.39 is 0 Å². The molecule has 1 aliphatic heterocycles. The van der Waals surface area contributed by atoms with Gasteiger partial charge in [0.1, 0.15) is 5.58 Å². The lowest BCUT2D eigenvalue weighted by molar-refractivity contribution is 0.0922. The standard InChI is InChI=1S/C19H25ClN2O2/c1-13-6-3-4-10-22(13)11-5-9-21-19(23)18-14(2)16-12-15(20)7-8-17(16)24-18/h7-8,12-13H,3-6,9-11H2,1-2H3,(H,21,23)/t13-/m1/s1. The van der Waals surface area contributed by atoms with Crippen molar-refractivity contribution in [1.29, 1.82) is 0 Å². The van der Waals surface area contributed by atoms with Crippen LogP contribution in [0.3, 0.4) is 0 Å². The zero-order valence-electron chi connectivity index (χ0n) is 14.4. The predicted molar refractivity (Wildman–Crippen MR) is 97.8 cm³/mol. The van der Waals surface area contributed by atoms with Crippen LogP contribution in [-0.4, -0.2) is 36.5 Å². The first kappa shape index (κ1) is 17.3. The molecule has 1 atom stereocenters. The molecule has 5 heteroatoms. The number of amides is 1. The van der Waals surface area contributed by atoms with Crippen molar-refractivity contribution in [2.45, 2.75) is 45.6 Å². The maximum absolute atomic E-state index is 12.4. The Balaban J connectivity index is 1.54. The minimum Gasteiger partial charge on any atom is -0.451 e. The second kappa shape index (κ2) is 7.58. The van der Waals surface area contributed by atoms with Gasteiger partial charge in [0.25, 0.3) is 5.91 Å². The van der Waals surface area contributed by atoms with Gasteiger partial charge >= 0.3 is 0 Å². The van der Waals surface area contributed by atoms with Crippen LogP contribution in [0.2, 0.25) is 5.02 Å². The third-order valence-electron chi connectivity index (χ3n) is 4.95. The first-order valence-corrected chi connectivity index (χ1v) is 9.15. The van der Waals surface area contributed by atoms with Crippen LogP contribution in [0.25, 0.3) is 11.0 Å². The van der Waals surface area contributed by atoms with Gasteiger partial charge in [-0.25, -0.2) is 0 Å². The first-order chi connectivity index (χ1) is 11.6. The number of nitrogens with one attached hydrogen (secondary N) is 1. The summed E-state index contributed by atoms with van der Waals surface area (Å²) in [4.78, 5) is 14.9. The number of rotatable bonds is 5. The molecule has 1 N–H and O–H groups in total. The molecule has 130 valence electrons. The summed E-state index contributed by atoms with van der Waals surface area (Å²) in [6.07, 6.45) is 4.87. The molecule has 0 unspecified atom stereocenters. The van der Waals surface area contributed by atoms with Gasteiger partial charge in [0.2, 0.25) is 0 Å². The van der Waals surface area contributed by atoms with Crippen LogP contribution in [0.5, 0.6) is 0 Å². The fraction of sp³-hybridized carbons (Fsp3) is 0.526. The zero-order chi connectivity index (χ0) is 17.1. The van der Waals surface area contributed by atoms with E-state index in [1.54, 1.807) is 12.1 Å². The molecule has 4 nitrogen and oxygen atoms in total. The number of likely N-dealkylation sites (tertiary alicyclic amines) is 1. The fourth-order valence-corrected chi connectivity index (χ4v) is 3.64. The molecule has 1 aromatic carbocycles. The molecule has 0 aliphatic carbocycles. The van der Waals surface area contributed by atoms with E-state index in [1.165, 1.54) is 25.8 Å². The number of furan rings is 1. The van der Waals surface area contributed by atoms with Crippen molar-refractivity contribution in [3.63, 3.8) is 0 Å². The highest BCUT2D eigenvalue weighted by Crippen LogP contribution is 2.27. The molecule has 0 spiro atoms. The molecule has 1 amide bonds. The summed E-state index contributed by atoms with van der Waals surface area (Å²) in [7, 11) is 0. The maximum atomic E-state index is 12.4. The van der Waals surface area contributed by atoms with Crippen molar-refractivity contribution in [3.05, 3.63) is 34.5 Å². The van der Waals surface area contributed by atoms with E-state index in [0.29, 0.717) is 29.0 Å². The number of halogens is 1. The second-order valence-electron chi connectivity index (χ2n) is 6.69.